The number of unbranched alkanes of at least 4 members (excludes halogenated alkanes) is 1. The van der Waals surface area contributed by atoms with Gasteiger partial charge in [-0.3, -0.25) is 9.69 Å². The summed E-state index contributed by atoms with van der Waals surface area (Å²) in [5, 5.41) is 6.38. The summed E-state index contributed by atoms with van der Waals surface area (Å²) in [6, 6.07) is 20.6. The number of hydrogen-bond donors (Lipinski definition) is 1. The topological polar surface area (TPSA) is 40.5 Å². The van der Waals surface area contributed by atoms with Gasteiger partial charge in [-0.1, -0.05) is 48.0 Å². The lowest BCUT2D eigenvalue weighted by Gasteiger charge is -2.36. The average Bonchev–Trinajstić information content (AvgIpc) is 3.17. The number of halogens is 1. The van der Waals surface area contributed by atoms with Gasteiger partial charge in [-0.05, 0) is 56.1 Å². The summed E-state index contributed by atoms with van der Waals surface area (Å²) in [7, 11) is 2.06. The highest BCUT2D eigenvalue weighted by Crippen LogP contribution is 2.30. The molecule has 0 unspecified atom stereocenters. The Morgan fingerprint density at radius 3 is 2.51 bits per heavy atom. The summed E-state index contributed by atoms with van der Waals surface area (Å²) in [5.74, 6) is 0.000744. The van der Waals surface area contributed by atoms with E-state index in [2.05, 4.69) is 82.2 Å². The monoisotopic (exact) mass is 488 g/mol. The van der Waals surface area contributed by atoms with Gasteiger partial charge in [0, 0.05) is 67.1 Å². The predicted octanol–water partition coefficient (Wildman–Crippen LogP) is 5.63. The molecule has 0 saturated carbocycles. The van der Waals surface area contributed by atoms with Crippen molar-refractivity contribution < 1.29 is 4.79 Å². The van der Waals surface area contributed by atoms with Gasteiger partial charge in [0.25, 0.3) is 5.91 Å². The Kier molecular flexibility index (Phi) is 6.98. The van der Waals surface area contributed by atoms with E-state index in [0.29, 0.717) is 12.1 Å². The van der Waals surface area contributed by atoms with Crippen LogP contribution in [0.25, 0.3) is 21.8 Å². The van der Waals surface area contributed by atoms with Crippen LogP contribution in [0.2, 0.25) is 5.02 Å². The van der Waals surface area contributed by atoms with Crippen LogP contribution in [0, 0.1) is 6.92 Å². The molecule has 1 saturated heterocycles. The van der Waals surface area contributed by atoms with Crippen LogP contribution >= 0.6 is 11.6 Å². The Balaban J connectivity index is 1.07. The molecule has 35 heavy (non-hydrogen) atoms. The third kappa shape index (κ3) is 4.89. The standard InChI is InChI=1S/C29H33ClN4O/c1-21-8-7-11-26(28(21)30)34-18-16-33(17-19-34)15-6-5-14-31-29(35)22-12-13-24-23-9-3-4-10-25(23)32(2)27(24)20-22/h3-4,7-13,20H,5-6,14-19H2,1-2H3,(H,31,35). The van der Waals surface area contributed by atoms with Crippen LogP contribution in [0.4, 0.5) is 5.69 Å². The quantitative estimate of drug-likeness (QED) is 0.343. The zero-order valence-corrected chi connectivity index (χ0v) is 21.3. The van der Waals surface area contributed by atoms with Gasteiger partial charge in [0.15, 0.2) is 0 Å². The summed E-state index contributed by atoms with van der Waals surface area (Å²) in [6.45, 7) is 7.90. The smallest absolute Gasteiger partial charge is 0.251 e. The highest BCUT2D eigenvalue weighted by molar-refractivity contribution is 6.34. The molecule has 5 rings (SSSR count). The lowest BCUT2D eigenvalue weighted by molar-refractivity contribution is 0.0952. The van der Waals surface area contributed by atoms with Crippen molar-refractivity contribution in [1.29, 1.82) is 0 Å². The Morgan fingerprint density at radius 2 is 1.69 bits per heavy atom. The molecule has 0 atom stereocenters. The molecule has 6 heteroatoms. The number of fused-ring (bicyclic) bond motifs is 3. The Morgan fingerprint density at radius 1 is 0.914 bits per heavy atom. The number of anilines is 1. The van der Waals surface area contributed by atoms with E-state index in [9.17, 15) is 4.79 Å². The van der Waals surface area contributed by atoms with Crippen LogP contribution in [0.1, 0.15) is 28.8 Å². The molecule has 4 aromatic rings. The van der Waals surface area contributed by atoms with E-state index in [4.69, 9.17) is 11.6 Å². The fourth-order valence-corrected chi connectivity index (χ4v) is 5.40. The van der Waals surface area contributed by atoms with Crippen molar-refractivity contribution >= 4 is 45.0 Å². The van der Waals surface area contributed by atoms with Crippen molar-refractivity contribution in [3.63, 3.8) is 0 Å². The van der Waals surface area contributed by atoms with E-state index in [1.807, 2.05) is 12.1 Å². The molecule has 1 N–H and O–H groups in total. The van der Waals surface area contributed by atoms with Crippen LogP contribution in [0.3, 0.4) is 0 Å². The number of carbonyl (C=O) groups excluding carboxylic acids is 1. The molecular formula is C29H33ClN4O. The van der Waals surface area contributed by atoms with Crippen molar-refractivity contribution in [3.8, 4) is 0 Å². The number of amides is 1. The number of aryl methyl sites for hydroxylation is 2. The number of rotatable bonds is 7. The van der Waals surface area contributed by atoms with E-state index in [-0.39, 0.29) is 5.91 Å². The molecule has 0 bridgehead atoms. The third-order valence-electron chi connectivity index (χ3n) is 7.25. The molecule has 182 valence electrons. The van der Waals surface area contributed by atoms with E-state index < -0.39 is 0 Å². The number of carbonyl (C=O) groups is 1. The second-order valence-electron chi connectivity index (χ2n) is 9.51. The van der Waals surface area contributed by atoms with Gasteiger partial charge < -0.3 is 14.8 Å². The molecule has 0 aliphatic carbocycles. The molecular weight excluding hydrogens is 456 g/mol. The minimum atomic E-state index is 0.000744. The maximum Gasteiger partial charge on any atom is 0.251 e. The first kappa shape index (κ1) is 23.7. The van der Waals surface area contributed by atoms with E-state index >= 15 is 0 Å². The maximum absolute atomic E-state index is 12.8. The average molecular weight is 489 g/mol. The lowest BCUT2D eigenvalue weighted by Crippen LogP contribution is -2.46. The fourth-order valence-electron chi connectivity index (χ4n) is 5.15. The Hall–Kier alpha value is -3.02. The zero-order chi connectivity index (χ0) is 24.4. The van der Waals surface area contributed by atoms with Crippen LogP contribution in [-0.4, -0.2) is 54.6 Å². The maximum atomic E-state index is 12.8. The summed E-state index contributed by atoms with van der Waals surface area (Å²) < 4.78 is 2.16. The Bertz CT molecular complexity index is 1350. The fraction of sp³-hybridized carbons (Fsp3) is 0.345. The van der Waals surface area contributed by atoms with Gasteiger partial charge >= 0.3 is 0 Å². The summed E-state index contributed by atoms with van der Waals surface area (Å²) >= 11 is 6.51. The molecule has 1 aliphatic heterocycles. The van der Waals surface area contributed by atoms with Gasteiger partial charge in [0.2, 0.25) is 0 Å². The van der Waals surface area contributed by atoms with Gasteiger partial charge in [-0.15, -0.1) is 0 Å². The van der Waals surface area contributed by atoms with Gasteiger partial charge in [0.05, 0.1) is 10.7 Å². The SMILES string of the molecule is Cc1cccc(N2CCN(CCCCNC(=O)c3ccc4c5ccccc5n(C)c4c3)CC2)c1Cl. The van der Waals surface area contributed by atoms with E-state index in [1.165, 1.54) is 16.3 Å². The molecule has 3 aromatic carbocycles. The third-order valence-corrected chi connectivity index (χ3v) is 7.74. The second kappa shape index (κ2) is 10.3. The highest BCUT2D eigenvalue weighted by Gasteiger charge is 2.19. The normalized spacial score (nSPS) is 14.7. The summed E-state index contributed by atoms with van der Waals surface area (Å²) in [4.78, 5) is 17.7. The number of benzene rings is 3. The molecule has 1 amide bonds. The number of piperazine rings is 1. The first-order valence-corrected chi connectivity index (χ1v) is 12.9. The predicted molar refractivity (Wildman–Crippen MR) is 147 cm³/mol. The molecule has 1 fully saturated rings. The van der Waals surface area contributed by atoms with Gasteiger partial charge in [0.1, 0.15) is 0 Å². The summed E-state index contributed by atoms with van der Waals surface area (Å²) in [5.41, 5.74) is 5.27. The van der Waals surface area contributed by atoms with E-state index in [1.54, 1.807) is 0 Å². The first-order chi connectivity index (χ1) is 17.0. The molecule has 0 spiro atoms. The lowest BCUT2D eigenvalue weighted by atomic mass is 10.1. The van der Waals surface area contributed by atoms with Crippen molar-refractivity contribution in [3.05, 3.63) is 76.8 Å². The van der Waals surface area contributed by atoms with Gasteiger partial charge in [-0.25, -0.2) is 0 Å². The Labute approximate surface area is 212 Å². The van der Waals surface area contributed by atoms with Crippen molar-refractivity contribution in [2.45, 2.75) is 19.8 Å². The number of nitrogens with one attached hydrogen (secondary N) is 1. The molecule has 0 radical (unpaired) electrons. The number of nitrogens with zero attached hydrogens (tertiary/aromatic N) is 3. The van der Waals surface area contributed by atoms with Crippen LogP contribution < -0.4 is 10.2 Å². The zero-order valence-electron chi connectivity index (χ0n) is 20.6. The van der Waals surface area contributed by atoms with Crippen LogP contribution in [0.15, 0.2) is 60.7 Å². The molecule has 1 aromatic heterocycles. The highest BCUT2D eigenvalue weighted by atomic mass is 35.5. The molecule has 1 aliphatic rings. The summed E-state index contributed by atoms with van der Waals surface area (Å²) in [6.07, 6.45) is 2.06. The molecule has 5 nitrogen and oxygen atoms in total. The van der Waals surface area contributed by atoms with Crippen LogP contribution in [-0.2, 0) is 7.05 Å². The number of aromatic nitrogens is 1. The number of hydrogen-bond acceptors (Lipinski definition) is 3. The van der Waals surface area contributed by atoms with E-state index in [0.717, 1.165) is 67.4 Å². The largest absolute Gasteiger partial charge is 0.368 e. The molecule has 2 heterocycles. The van der Waals surface area contributed by atoms with Crippen molar-refractivity contribution in [1.82, 2.24) is 14.8 Å². The minimum absolute atomic E-state index is 0.000744. The second-order valence-corrected chi connectivity index (χ2v) is 9.89. The van der Waals surface area contributed by atoms with Crippen LogP contribution in [0.5, 0.6) is 0 Å². The van der Waals surface area contributed by atoms with Gasteiger partial charge in [-0.2, -0.15) is 0 Å². The van der Waals surface area contributed by atoms with Crippen molar-refractivity contribution in [2.24, 2.45) is 7.05 Å². The minimum Gasteiger partial charge on any atom is -0.368 e. The first-order valence-electron chi connectivity index (χ1n) is 12.5. The van der Waals surface area contributed by atoms with Crippen molar-refractivity contribution in [2.75, 3.05) is 44.2 Å². The number of para-hydroxylation sites is 1.